The lowest BCUT2D eigenvalue weighted by molar-refractivity contribution is -0.140. The van der Waals surface area contributed by atoms with E-state index in [1.54, 1.807) is 18.2 Å². The van der Waals surface area contributed by atoms with Crippen LogP contribution in [0.2, 0.25) is 10.0 Å². The van der Waals surface area contributed by atoms with Crippen molar-refractivity contribution in [2.24, 2.45) is 0 Å². The number of halogens is 3. The number of esters is 1. The zero-order chi connectivity index (χ0) is 13.6. The second-order valence-corrected chi connectivity index (χ2v) is 6.29. The van der Waals surface area contributed by atoms with Crippen molar-refractivity contribution in [1.82, 2.24) is 0 Å². The van der Waals surface area contributed by atoms with Crippen LogP contribution in [-0.4, -0.2) is 24.0 Å². The average Bonchev–Trinajstić information content (AvgIpc) is 2.83. The summed E-state index contributed by atoms with van der Waals surface area (Å²) in [7, 11) is 0. The van der Waals surface area contributed by atoms with E-state index >= 15 is 0 Å². The Hall–Kier alpha value is -0.550. The fourth-order valence-electron chi connectivity index (χ4n) is 2.27. The number of hydrogen-bond donors (Lipinski definition) is 0. The maximum atomic E-state index is 11.9. The summed E-state index contributed by atoms with van der Waals surface area (Å²) in [5, 5.41) is 0.915. The van der Waals surface area contributed by atoms with E-state index < -0.39 is 6.10 Å². The topological polar surface area (TPSA) is 35.5 Å². The van der Waals surface area contributed by atoms with Crippen LogP contribution in [-0.2, 0) is 14.3 Å². The van der Waals surface area contributed by atoms with Crippen LogP contribution in [0.4, 0.5) is 0 Å². The van der Waals surface area contributed by atoms with Gasteiger partial charge in [0.15, 0.2) is 0 Å². The highest BCUT2D eigenvalue weighted by molar-refractivity contribution is 9.09. The van der Waals surface area contributed by atoms with Gasteiger partial charge in [0.05, 0.1) is 27.1 Å². The molecule has 1 aromatic carbocycles. The van der Waals surface area contributed by atoms with Crippen molar-refractivity contribution in [2.75, 3.05) is 13.2 Å². The molecule has 0 saturated heterocycles. The third-order valence-corrected chi connectivity index (χ3v) is 4.77. The molecule has 2 aliphatic heterocycles. The molecular formula is C13H9BrCl2O3. The van der Waals surface area contributed by atoms with E-state index in [2.05, 4.69) is 15.9 Å². The van der Waals surface area contributed by atoms with Crippen LogP contribution in [0.3, 0.4) is 0 Å². The average molecular weight is 364 g/mol. The van der Waals surface area contributed by atoms with E-state index in [9.17, 15) is 4.79 Å². The lowest BCUT2D eigenvalue weighted by Gasteiger charge is -2.21. The van der Waals surface area contributed by atoms with Crippen LogP contribution in [0.5, 0.6) is 0 Å². The quantitative estimate of drug-likeness (QED) is 0.564. The smallest absolute Gasteiger partial charge is 0.337 e. The van der Waals surface area contributed by atoms with Crippen LogP contribution in [0.1, 0.15) is 11.7 Å². The molecular weight excluding hydrogens is 355 g/mol. The van der Waals surface area contributed by atoms with Crippen molar-refractivity contribution in [1.29, 1.82) is 0 Å². The van der Waals surface area contributed by atoms with Gasteiger partial charge in [0.2, 0.25) is 0 Å². The van der Waals surface area contributed by atoms with Crippen molar-refractivity contribution in [2.45, 2.75) is 10.9 Å². The number of hydrogen-bond acceptors (Lipinski definition) is 3. The number of ether oxygens (including phenoxy) is 2. The Labute approximate surface area is 128 Å². The fraction of sp³-hybridized carbons (Fsp3) is 0.308. The van der Waals surface area contributed by atoms with Crippen LogP contribution < -0.4 is 0 Å². The van der Waals surface area contributed by atoms with Crippen LogP contribution in [0, 0.1) is 0 Å². The lowest BCUT2D eigenvalue weighted by Crippen LogP contribution is -2.26. The Balaban J connectivity index is 2.02. The van der Waals surface area contributed by atoms with E-state index in [4.69, 9.17) is 32.7 Å². The van der Waals surface area contributed by atoms with Crippen LogP contribution in [0.15, 0.2) is 29.3 Å². The van der Waals surface area contributed by atoms with Gasteiger partial charge in [-0.1, -0.05) is 45.2 Å². The highest BCUT2D eigenvalue weighted by Gasteiger charge is 2.39. The minimum atomic E-state index is -0.433. The van der Waals surface area contributed by atoms with E-state index in [0.717, 1.165) is 11.1 Å². The Morgan fingerprint density at radius 1 is 1.26 bits per heavy atom. The van der Waals surface area contributed by atoms with Gasteiger partial charge in [-0.2, -0.15) is 0 Å². The molecule has 0 fully saturated rings. The maximum Gasteiger partial charge on any atom is 0.337 e. The first-order valence-electron chi connectivity index (χ1n) is 5.68. The van der Waals surface area contributed by atoms with Gasteiger partial charge in [0.1, 0.15) is 12.7 Å². The van der Waals surface area contributed by atoms with Crippen LogP contribution >= 0.6 is 39.1 Å². The standard InChI is InChI=1S/C13H9BrCl2O3/c14-8-5-19-13(17)11-7(8)4-18-12(11)6-1-2-9(15)10(16)3-6/h1-3,8,12H,4-5H2. The first kappa shape index (κ1) is 13.4. The third-order valence-electron chi connectivity index (χ3n) is 3.22. The van der Waals surface area contributed by atoms with Gasteiger partial charge in [-0.25, -0.2) is 4.79 Å². The predicted octanol–water partition coefficient (Wildman–Crippen LogP) is 3.68. The van der Waals surface area contributed by atoms with Crippen molar-refractivity contribution in [3.8, 4) is 0 Å². The Bertz CT molecular complexity index is 585. The van der Waals surface area contributed by atoms with Gasteiger partial charge < -0.3 is 9.47 Å². The third kappa shape index (κ3) is 2.31. The second kappa shape index (κ2) is 5.09. The van der Waals surface area contributed by atoms with Gasteiger partial charge in [0, 0.05) is 0 Å². The molecule has 0 aliphatic carbocycles. The molecule has 1 aromatic rings. The highest BCUT2D eigenvalue weighted by atomic mass is 79.9. The zero-order valence-corrected chi connectivity index (χ0v) is 12.8. The molecule has 0 bridgehead atoms. The number of carbonyl (C=O) groups excluding carboxylic acids is 1. The molecule has 0 spiro atoms. The number of alkyl halides is 1. The molecule has 0 radical (unpaired) electrons. The molecule has 2 heterocycles. The molecule has 6 heteroatoms. The van der Waals surface area contributed by atoms with Gasteiger partial charge >= 0.3 is 5.97 Å². The van der Waals surface area contributed by atoms with Crippen molar-refractivity contribution < 1.29 is 14.3 Å². The number of carbonyl (C=O) groups is 1. The lowest BCUT2D eigenvalue weighted by atomic mass is 9.97. The first-order chi connectivity index (χ1) is 9.08. The Morgan fingerprint density at radius 2 is 2.05 bits per heavy atom. The van der Waals surface area contributed by atoms with E-state index in [0.29, 0.717) is 28.8 Å². The first-order valence-corrected chi connectivity index (χ1v) is 7.35. The van der Waals surface area contributed by atoms with Crippen molar-refractivity contribution in [3.63, 3.8) is 0 Å². The van der Waals surface area contributed by atoms with E-state index in [1.165, 1.54) is 0 Å². The largest absolute Gasteiger partial charge is 0.461 e. The van der Waals surface area contributed by atoms with Crippen LogP contribution in [0.25, 0.3) is 0 Å². The van der Waals surface area contributed by atoms with E-state index in [-0.39, 0.29) is 10.8 Å². The fourth-order valence-corrected chi connectivity index (χ4v) is 3.08. The normalized spacial score (nSPS) is 26.4. The maximum absolute atomic E-state index is 11.9. The van der Waals surface area contributed by atoms with Gasteiger partial charge in [-0.05, 0) is 23.3 Å². The molecule has 100 valence electrons. The molecule has 19 heavy (non-hydrogen) atoms. The zero-order valence-electron chi connectivity index (χ0n) is 9.66. The van der Waals surface area contributed by atoms with Gasteiger partial charge in [-0.3, -0.25) is 0 Å². The Kier molecular flexibility index (Phi) is 3.60. The highest BCUT2D eigenvalue weighted by Crippen LogP contribution is 2.41. The van der Waals surface area contributed by atoms with Crippen molar-refractivity contribution >= 4 is 45.1 Å². The molecule has 2 unspecified atom stereocenters. The minimum Gasteiger partial charge on any atom is -0.461 e. The summed E-state index contributed by atoms with van der Waals surface area (Å²) in [5.74, 6) is -0.320. The molecule has 2 atom stereocenters. The summed E-state index contributed by atoms with van der Waals surface area (Å²) in [6.07, 6.45) is -0.433. The predicted molar refractivity (Wildman–Crippen MR) is 75.9 cm³/mol. The summed E-state index contributed by atoms with van der Waals surface area (Å²) in [4.78, 5) is 11.9. The molecule has 2 aliphatic rings. The number of cyclic esters (lactones) is 1. The molecule has 0 N–H and O–H groups in total. The van der Waals surface area contributed by atoms with E-state index in [1.807, 2.05) is 0 Å². The summed E-state index contributed by atoms with van der Waals surface area (Å²) in [5.41, 5.74) is 2.33. The summed E-state index contributed by atoms with van der Waals surface area (Å²) in [6.45, 7) is 0.764. The molecule has 3 nitrogen and oxygen atoms in total. The number of rotatable bonds is 1. The monoisotopic (exact) mass is 362 g/mol. The molecule has 0 aromatic heterocycles. The summed E-state index contributed by atoms with van der Waals surface area (Å²) in [6, 6.07) is 5.22. The molecule has 0 amide bonds. The number of benzene rings is 1. The second-order valence-electron chi connectivity index (χ2n) is 4.37. The molecule has 3 rings (SSSR count). The van der Waals surface area contributed by atoms with Gasteiger partial charge in [0.25, 0.3) is 0 Å². The van der Waals surface area contributed by atoms with Crippen molar-refractivity contribution in [3.05, 3.63) is 45.0 Å². The Morgan fingerprint density at radius 3 is 2.79 bits per heavy atom. The summed E-state index contributed by atoms with van der Waals surface area (Å²) >= 11 is 15.4. The SMILES string of the molecule is O=C1OCC(Br)C2=C1C(c1ccc(Cl)c(Cl)c1)OC2. The molecule has 0 saturated carbocycles. The summed E-state index contributed by atoms with van der Waals surface area (Å²) < 4.78 is 10.8. The van der Waals surface area contributed by atoms with Gasteiger partial charge in [-0.15, -0.1) is 0 Å². The minimum absolute atomic E-state index is 0.0213.